The van der Waals surface area contributed by atoms with Crippen LogP contribution in [0.4, 0.5) is 11.4 Å². The zero-order chi connectivity index (χ0) is 13.1. The molecule has 18 heavy (non-hydrogen) atoms. The maximum absolute atomic E-state index is 10.9. The van der Waals surface area contributed by atoms with E-state index < -0.39 is 5.97 Å². The van der Waals surface area contributed by atoms with Crippen molar-refractivity contribution in [1.29, 1.82) is 0 Å². The van der Waals surface area contributed by atoms with Crippen LogP contribution in [0.1, 0.15) is 15.9 Å². The van der Waals surface area contributed by atoms with E-state index in [2.05, 4.69) is 5.32 Å². The Bertz CT molecular complexity index is 593. The Balaban J connectivity index is 2.28. The van der Waals surface area contributed by atoms with Crippen molar-refractivity contribution < 1.29 is 15.0 Å². The average molecular weight is 243 g/mol. The fourth-order valence-electron chi connectivity index (χ4n) is 1.67. The van der Waals surface area contributed by atoms with Crippen molar-refractivity contribution in [3.63, 3.8) is 0 Å². The minimum atomic E-state index is -0.957. The third kappa shape index (κ3) is 2.60. The summed E-state index contributed by atoms with van der Waals surface area (Å²) >= 11 is 0. The fraction of sp³-hybridized carbons (Fsp3) is 0.0714. The van der Waals surface area contributed by atoms with Crippen LogP contribution in [0.25, 0.3) is 0 Å². The Kier molecular flexibility index (Phi) is 3.19. The van der Waals surface area contributed by atoms with Gasteiger partial charge in [0.2, 0.25) is 0 Å². The predicted octanol–water partition coefficient (Wildman–Crippen LogP) is 3.14. The molecule has 0 bridgehead atoms. The van der Waals surface area contributed by atoms with Gasteiger partial charge in [-0.3, -0.25) is 0 Å². The second-order valence-corrected chi connectivity index (χ2v) is 4.01. The summed E-state index contributed by atoms with van der Waals surface area (Å²) in [6, 6.07) is 11.5. The Morgan fingerprint density at radius 2 is 1.94 bits per heavy atom. The number of aromatic carboxylic acids is 1. The summed E-state index contributed by atoms with van der Waals surface area (Å²) in [5.41, 5.74) is 2.64. The van der Waals surface area contributed by atoms with Crippen LogP contribution in [0.3, 0.4) is 0 Å². The Labute approximate surface area is 105 Å². The lowest BCUT2D eigenvalue weighted by molar-refractivity contribution is 0.0697. The monoisotopic (exact) mass is 243 g/mol. The molecular weight excluding hydrogens is 230 g/mol. The van der Waals surface area contributed by atoms with Crippen LogP contribution in [0.15, 0.2) is 42.5 Å². The molecule has 2 aromatic rings. The highest BCUT2D eigenvalue weighted by Crippen LogP contribution is 2.24. The first-order valence-electron chi connectivity index (χ1n) is 5.46. The number of hydrogen-bond donors (Lipinski definition) is 3. The smallest absolute Gasteiger partial charge is 0.335 e. The number of aromatic hydroxyl groups is 1. The van der Waals surface area contributed by atoms with Crippen LogP contribution in [-0.4, -0.2) is 16.2 Å². The van der Waals surface area contributed by atoms with Gasteiger partial charge in [-0.15, -0.1) is 0 Å². The lowest BCUT2D eigenvalue weighted by Gasteiger charge is -2.10. The van der Waals surface area contributed by atoms with Crippen molar-refractivity contribution in [3.8, 4) is 5.75 Å². The summed E-state index contributed by atoms with van der Waals surface area (Å²) in [5, 5.41) is 21.3. The van der Waals surface area contributed by atoms with E-state index in [1.165, 1.54) is 6.07 Å². The number of carbonyl (C=O) groups is 1. The summed E-state index contributed by atoms with van der Waals surface area (Å²) in [5.74, 6) is -0.751. The second-order valence-electron chi connectivity index (χ2n) is 4.01. The van der Waals surface area contributed by atoms with E-state index in [1.54, 1.807) is 36.4 Å². The zero-order valence-corrected chi connectivity index (χ0v) is 9.84. The van der Waals surface area contributed by atoms with Gasteiger partial charge in [-0.2, -0.15) is 0 Å². The van der Waals surface area contributed by atoms with Gasteiger partial charge >= 0.3 is 5.97 Å². The number of rotatable bonds is 3. The first-order chi connectivity index (χ1) is 8.56. The minimum Gasteiger partial charge on any atom is -0.508 e. The number of nitrogens with one attached hydrogen (secondary N) is 1. The second kappa shape index (κ2) is 4.79. The largest absolute Gasteiger partial charge is 0.508 e. The van der Waals surface area contributed by atoms with Gasteiger partial charge in [0, 0.05) is 11.4 Å². The van der Waals surface area contributed by atoms with Crippen LogP contribution in [0, 0.1) is 6.92 Å². The van der Waals surface area contributed by atoms with Crippen molar-refractivity contribution in [2.75, 3.05) is 5.32 Å². The topological polar surface area (TPSA) is 69.6 Å². The molecule has 0 fully saturated rings. The highest BCUT2D eigenvalue weighted by molar-refractivity contribution is 5.89. The summed E-state index contributed by atoms with van der Waals surface area (Å²) < 4.78 is 0. The lowest BCUT2D eigenvalue weighted by Crippen LogP contribution is -1.98. The molecule has 0 radical (unpaired) electrons. The van der Waals surface area contributed by atoms with Gasteiger partial charge in [0.05, 0.1) is 5.56 Å². The van der Waals surface area contributed by atoms with E-state index in [0.717, 1.165) is 11.3 Å². The van der Waals surface area contributed by atoms with E-state index in [0.29, 0.717) is 5.69 Å². The van der Waals surface area contributed by atoms with Crippen molar-refractivity contribution >= 4 is 17.3 Å². The van der Waals surface area contributed by atoms with Crippen LogP contribution >= 0.6 is 0 Å². The summed E-state index contributed by atoms with van der Waals surface area (Å²) in [4.78, 5) is 10.9. The van der Waals surface area contributed by atoms with Crippen molar-refractivity contribution in [1.82, 2.24) is 0 Å². The Morgan fingerprint density at radius 1 is 1.17 bits per heavy atom. The average Bonchev–Trinajstić information content (AvgIpc) is 2.33. The maximum Gasteiger partial charge on any atom is 0.335 e. The molecule has 4 heteroatoms. The first-order valence-corrected chi connectivity index (χ1v) is 5.46. The molecule has 4 nitrogen and oxygen atoms in total. The molecule has 0 aromatic heterocycles. The van der Waals surface area contributed by atoms with Gasteiger partial charge in [-0.1, -0.05) is 6.07 Å². The van der Waals surface area contributed by atoms with E-state index in [4.69, 9.17) is 5.11 Å². The number of aryl methyl sites for hydroxylation is 1. The van der Waals surface area contributed by atoms with Crippen LogP contribution in [-0.2, 0) is 0 Å². The maximum atomic E-state index is 10.9. The van der Waals surface area contributed by atoms with Gasteiger partial charge in [0.1, 0.15) is 5.75 Å². The number of hydrogen-bond acceptors (Lipinski definition) is 3. The molecule has 0 heterocycles. The van der Waals surface area contributed by atoms with Crippen molar-refractivity contribution in [2.24, 2.45) is 0 Å². The molecule has 0 saturated heterocycles. The third-order valence-corrected chi connectivity index (χ3v) is 2.60. The van der Waals surface area contributed by atoms with E-state index in [9.17, 15) is 9.90 Å². The minimum absolute atomic E-state index is 0.206. The highest BCUT2D eigenvalue weighted by Gasteiger charge is 2.04. The summed E-state index contributed by atoms with van der Waals surface area (Å²) in [6.07, 6.45) is 0. The van der Waals surface area contributed by atoms with Crippen LogP contribution < -0.4 is 5.32 Å². The number of phenolic OH excluding ortho intramolecular Hbond substituents is 1. The van der Waals surface area contributed by atoms with Crippen molar-refractivity contribution in [3.05, 3.63) is 53.6 Å². The van der Waals surface area contributed by atoms with E-state index >= 15 is 0 Å². The zero-order valence-electron chi connectivity index (χ0n) is 9.84. The van der Waals surface area contributed by atoms with Gasteiger partial charge in [0.25, 0.3) is 0 Å². The summed E-state index contributed by atoms with van der Waals surface area (Å²) in [7, 11) is 0. The normalized spacial score (nSPS) is 10.1. The fourth-order valence-corrected chi connectivity index (χ4v) is 1.67. The number of anilines is 2. The number of phenols is 1. The SMILES string of the molecule is Cc1cc(O)ccc1Nc1cccc(C(=O)O)c1. The molecule has 0 atom stereocenters. The molecule has 3 N–H and O–H groups in total. The Hall–Kier alpha value is -2.49. The standard InChI is InChI=1S/C14H13NO3/c1-9-7-12(16)5-6-13(9)15-11-4-2-3-10(8-11)14(17)18/h2-8,15-16H,1H3,(H,17,18). The molecule has 0 spiro atoms. The molecule has 0 saturated carbocycles. The Morgan fingerprint density at radius 3 is 2.61 bits per heavy atom. The molecule has 92 valence electrons. The highest BCUT2D eigenvalue weighted by atomic mass is 16.4. The van der Waals surface area contributed by atoms with Gasteiger partial charge in [0.15, 0.2) is 0 Å². The third-order valence-electron chi connectivity index (χ3n) is 2.60. The van der Waals surface area contributed by atoms with Crippen LogP contribution in [0.5, 0.6) is 5.75 Å². The van der Waals surface area contributed by atoms with Crippen LogP contribution in [0.2, 0.25) is 0 Å². The number of benzene rings is 2. The van der Waals surface area contributed by atoms with Gasteiger partial charge < -0.3 is 15.5 Å². The molecule has 0 amide bonds. The molecule has 2 aromatic carbocycles. The lowest BCUT2D eigenvalue weighted by atomic mass is 10.1. The van der Waals surface area contributed by atoms with Crippen molar-refractivity contribution in [2.45, 2.75) is 6.92 Å². The van der Waals surface area contributed by atoms with Gasteiger partial charge in [-0.25, -0.2) is 4.79 Å². The van der Waals surface area contributed by atoms with E-state index in [-0.39, 0.29) is 11.3 Å². The predicted molar refractivity (Wildman–Crippen MR) is 69.5 cm³/mol. The summed E-state index contributed by atoms with van der Waals surface area (Å²) in [6.45, 7) is 1.86. The molecule has 2 rings (SSSR count). The molecule has 0 aliphatic carbocycles. The number of carboxylic acid groups (broad SMARTS) is 1. The number of carboxylic acids is 1. The first kappa shape index (κ1) is 12.0. The molecule has 0 aliphatic rings. The molecular formula is C14H13NO3. The van der Waals surface area contributed by atoms with Gasteiger partial charge in [-0.05, 0) is 48.9 Å². The molecule has 0 aliphatic heterocycles. The van der Waals surface area contributed by atoms with E-state index in [1.807, 2.05) is 6.92 Å². The molecule has 0 unspecified atom stereocenters. The quantitative estimate of drug-likeness (QED) is 0.724.